The minimum atomic E-state index is -3.73. The third-order valence-corrected chi connectivity index (χ3v) is 6.16. The monoisotopic (exact) mass is 380 g/mol. The zero-order chi connectivity index (χ0) is 15.6. The van der Waals surface area contributed by atoms with Crippen molar-refractivity contribution < 1.29 is 17.5 Å². The molecule has 5 nitrogen and oxygen atoms in total. The Bertz CT molecular complexity index is 620. The molecule has 1 fully saturated rings. The second-order valence-electron chi connectivity index (χ2n) is 5.15. The van der Waals surface area contributed by atoms with Crippen LogP contribution in [0.4, 0.5) is 10.1 Å². The zero-order valence-corrected chi connectivity index (χ0v) is 14.1. The van der Waals surface area contributed by atoms with Crippen molar-refractivity contribution in [1.82, 2.24) is 4.31 Å². The maximum absolute atomic E-state index is 13.3. The Balaban J connectivity index is 2.03. The largest absolute Gasteiger partial charge is 0.396 e. The van der Waals surface area contributed by atoms with Crippen LogP contribution in [0.3, 0.4) is 0 Å². The Kier molecular flexibility index (Phi) is 5.24. The number of rotatable bonds is 7. The normalized spacial score (nSPS) is 15.6. The van der Waals surface area contributed by atoms with Crippen LogP contribution in [0.1, 0.15) is 12.8 Å². The first-order valence-corrected chi connectivity index (χ1v) is 8.84. The summed E-state index contributed by atoms with van der Waals surface area (Å²) < 4.78 is 44.9. The molecule has 0 unspecified atom stereocenters. The lowest BCUT2D eigenvalue weighted by molar-refractivity contribution is 0.117. The predicted molar refractivity (Wildman–Crippen MR) is 81.9 cm³/mol. The van der Waals surface area contributed by atoms with Gasteiger partial charge in [0.25, 0.3) is 0 Å². The van der Waals surface area contributed by atoms with E-state index in [2.05, 4.69) is 15.9 Å². The van der Waals surface area contributed by atoms with E-state index < -0.39 is 15.8 Å². The number of nitrogens with zero attached hydrogens (tertiary/aromatic N) is 1. The highest BCUT2D eigenvalue weighted by Crippen LogP contribution is 2.29. The number of anilines is 1. The first-order chi connectivity index (χ1) is 9.82. The summed E-state index contributed by atoms with van der Waals surface area (Å²) in [4.78, 5) is -0.0499. The zero-order valence-electron chi connectivity index (χ0n) is 11.7. The van der Waals surface area contributed by atoms with E-state index in [1.807, 2.05) is 0 Å². The van der Waals surface area contributed by atoms with Gasteiger partial charge in [0.2, 0.25) is 10.0 Å². The van der Waals surface area contributed by atoms with Gasteiger partial charge in [-0.05, 0) is 46.8 Å². The second-order valence-corrected chi connectivity index (χ2v) is 8.02. The Hall–Kier alpha value is -0.700. The molecule has 2 rings (SSSR count). The van der Waals surface area contributed by atoms with E-state index in [1.165, 1.54) is 24.2 Å². The molecule has 1 saturated carbocycles. The Labute approximate surface area is 132 Å². The average Bonchev–Trinajstić information content (AvgIpc) is 3.22. The molecule has 0 radical (unpaired) electrons. The van der Waals surface area contributed by atoms with Crippen LogP contribution in [0, 0.1) is 11.7 Å². The fourth-order valence-electron chi connectivity index (χ4n) is 1.76. The summed E-state index contributed by atoms with van der Waals surface area (Å²) in [6.45, 7) is 1.25. The van der Waals surface area contributed by atoms with Crippen molar-refractivity contribution in [2.24, 2.45) is 5.92 Å². The van der Waals surface area contributed by atoms with Crippen molar-refractivity contribution in [3.05, 3.63) is 22.4 Å². The van der Waals surface area contributed by atoms with Gasteiger partial charge in [-0.25, -0.2) is 12.8 Å². The molecule has 1 aromatic rings. The highest BCUT2D eigenvalue weighted by atomic mass is 79.9. The fourth-order valence-corrected chi connectivity index (χ4v) is 3.92. The van der Waals surface area contributed by atoms with E-state index in [0.29, 0.717) is 19.1 Å². The highest BCUT2D eigenvalue weighted by Gasteiger charge is 2.25. The molecule has 0 bridgehead atoms. The third-order valence-electron chi connectivity index (χ3n) is 3.34. The molecule has 0 aromatic heterocycles. The number of benzene rings is 1. The molecule has 21 heavy (non-hydrogen) atoms. The molecule has 8 heteroatoms. The van der Waals surface area contributed by atoms with Crippen LogP contribution in [-0.2, 0) is 14.8 Å². The number of hydrogen-bond donors (Lipinski definition) is 1. The summed E-state index contributed by atoms with van der Waals surface area (Å²) in [6, 6.07) is 2.18. The average molecular weight is 381 g/mol. The molecular formula is C13H18BrFN2O3S. The summed E-state index contributed by atoms with van der Waals surface area (Å²) >= 11 is 3.06. The van der Waals surface area contributed by atoms with Crippen LogP contribution in [0.2, 0.25) is 0 Å². The highest BCUT2D eigenvalue weighted by molar-refractivity contribution is 9.10. The number of nitrogen functional groups attached to an aromatic ring is 1. The second kappa shape index (κ2) is 6.60. The van der Waals surface area contributed by atoms with Crippen molar-refractivity contribution in [2.75, 3.05) is 32.5 Å². The van der Waals surface area contributed by atoms with Gasteiger partial charge in [0.1, 0.15) is 5.82 Å². The van der Waals surface area contributed by atoms with Gasteiger partial charge in [-0.3, -0.25) is 0 Å². The van der Waals surface area contributed by atoms with Crippen molar-refractivity contribution in [3.8, 4) is 0 Å². The predicted octanol–water partition coefficient (Wildman–Crippen LogP) is 2.22. The fraction of sp³-hybridized carbons (Fsp3) is 0.538. The Morgan fingerprint density at radius 3 is 2.76 bits per heavy atom. The lowest BCUT2D eigenvalue weighted by Crippen LogP contribution is -2.30. The van der Waals surface area contributed by atoms with Gasteiger partial charge in [0, 0.05) is 24.7 Å². The smallest absolute Gasteiger partial charge is 0.244 e. The van der Waals surface area contributed by atoms with E-state index in [1.54, 1.807) is 0 Å². The quantitative estimate of drug-likeness (QED) is 0.581. The number of hydrogen-bond acceptors (Lipinski definition) is 4. The standard InChI is InChI=1S/C13H18BrFN2O3S/c1-17(4-5-20-8-9-2-3-9)21(18,19)13-7-12(16)11(15)6-10(13)14/h6-7,9H,2-5,8,16H2,1H3. The minimum Gasteiger partial charge on any atom is -0.396 e. The van der Waals surface area contributed by atoms with E-state index in [-0.39, 0.29) is 21.6 Å². The van der Waals surface area contributed by atoms with Crippen LogP contribution >= 0.6 is 15.9 Å². The summed E-state index contributed by atoms with van der Waals surface area (Å²) in [6.07, 6.45) is 2.38. The summed E-state index contributed by atoms with van der Waals surface area (Å²) in [5.74, 6) is -0.0193. The number of ether oxygens (including phenoxy) is 1. The first kappa shape index (κ1) is 16.7. The third kappa shape index (κ3) is 4.15. The maximum Gasteiger partial charge on any atom is 0.244 e. The summed E-state index contributed by atoms with van der Waals surface area (Å²) in [7, 11) is -2.27. The van der Waals surface area contributed by atoms with Gasteiger partial charge >= 0.3 is 0 Å². The van der Waals surface area contributed by atoms with Gasteiger partial charge in [0.05, 0.1) is 17.2 Å². The number of halogens is 2. The Morgan fingerprint density at radius 2 is 2.14 bits per heavy atom. The lowest BCUT2D eigenvalue weighted by atomic mass is 10.3. The van der Waals surface area contributed by atoms with E-state index >= 15 is 0 Å². The van der Waals surface area contributed by atoms with Gasteiger partial charge in [-0.15, -0.1) is 0 Å². The molecule has 2 N–H and O–H groups in total. The van der Waals surface area contributed by atoms with Gasteiger partial charge in [-0.1, -0.05) is 0 Å². The number of sulfonamides is 1. The lowest BCUT2D eigenvalue weighted by Gasteiger charge is -2.18. The summed E-state index contributed by atoms with van der Waals surface area (Å²) in [5.41, 5.74) is 5.25. The van der Waals surface area contributed by atoms with Crippen LogP contribution in [0.25, 0.3) is 0 Å². The number of likely N-dealkylation sites (N-methyl/N-ethyl adjacent to an activating group) is 1. The first-order valence-electron chi connectivity index (χ1n) is 6.61. The molecule has 0 heterocycles. The van der Waals surface area contributed by atoms with Crippen molar-refractivity contribution >= 4 is 31.6 Å². The molecule has 0 spiro atoms. The van der Waals surface area contributed by atoms with Crippen molar-refractivity contribution in [2.45, 2.75) is 17.7 Å². The van der Waals surface area contributed by atoms with Crippen LogP contribution in [0.5, 0.6) is 0 Å². The van der Waals surface area contributed by atoms with Crippen LogP contribution < -0.4 is 5.73 Å². The van der Waals surface area contributed by atoms with Crippen LogP contribution in [-0.4, -0.2) is 39.5 Å². The topological polar surface area (TPSA) is 72.6 Å². The van der Waals surface area contributed by atoms with E-state index in [9.17, 15) is 12.8 Å². The number of nitrogens with two attached hydrogens (primary N) is 1. The Morgan fingerprint density at radius 1 is 1.48 bits per heavy atom. The molecule has 1 aliphatic carbocycles. The van der Waals surface area contributed by atoms with Gasteiger partial charge < -0.3 is 10.5 Å². The molecule has 0 amide bonds. The minimum absolute atomic E-state index is 0.0499. The van der Waals surface area contributed by atoms with E-state index in [4.69, 9.17) is 10.5 Å². The maximum atomic E-state index is 13.3. The molecule has 118 valence electrons. The van der Waals surface area contributed by atoms with Crippen LogP contribution in [0.15, 0.2) is 21.5 Å². The molecule has 0 atom stereocenters. The van der Waals surface area contributed by atoms with Crippen molar-refractivity contribution in [3.63, 3.8) is 0 Å². The molecule has 1 aromatic carbocycles. The molecule has 1 aliphatic rings. The summed E-state index contributed by atoms with van der Waals surface area (Å²) in [5, 5.41) is 0. The molecule has 0 aliphatic heterocycles. The van der Waals surface area contributed by atoms with Crippen molar-refractivity contribution in [1.29, 1.82) is 0 Å². The van der Waals surface area contributed by atoms with Gasteiger partial charge in [-0.2, -0.15) is 4.31 Å². The SMILES string of the molecule is CN(CCOCC1CC1)S(=O)(=O)c1cc(N)c(F)cc1Br. The molecular weight excluding hydrogens is 363 g/mol. The molecule has 0 saturated heterocycles. The van der Waals surface area contributed by atoms with E-state index in [0.717, 1.165) is 12.1 Å². The van der Waals surface area contributed by atoms with Gasteiger partial charge in [0.15, 0.2) is 0 Å².